The Morgan fingerprint density at radius 3 is 2.30 bits per heavy atom. The molecular formula is C14H9Br3Cl2O. The molecule has 0 atom stereocenters. The van der Waals surface area contributed by atoms with Crippen LogP contribution in [0, 0.1) is 0 Å². The van der Waals surface area contributed by atoms with E-state index < -0.39 is 0 Å². The van der Waals surface area contributed by atoms with E-state index >= 15 is 0 Å². The van der Waals surface area contributed by atoms with Crippen molar-refractivity contribution in [3.8, 4) is 5.75 Å². The SMILES string of the molecule is Clc1cccc(COc2c(Br)cc(CBr)cc2Br)c1Cl. The Morgan fingerprint density at radius 2 is 1.70 bits per heavy atom. The predicted molar refractivity (Wildman–Crippen MR) is 95.3 cm³/mol. The van der Waals surface area contributed by atoms with E-state index in [1.165, 1.54) is 0 Å². The number of hydrogen-bond donors (Lipinski definition) is 0. The molecule has 1 nitrogen and oxygen atoms in total. The standard InChI is InChI=1S/C14H9Br3Cl2O/c15-6-8-4-10(16)14(11(17)5-8)20-7-9-2-1-3-12(18)13(9)19/h1-5H,6-7H2. The minimum atomic E-state index is 0.351. The summed E-state index contributed by atoms with van der Waals surface area (Å²) in [4.78, 5) is 0. The maximum Gasteiger partial charge on any atom is 0.148 e. The van der Waals surface area contributed by atoms with Crippen molar-refractivity contribution < 1.29 is 4.74 Å². The highest BCUT2D eigenvalue weighted by atomic mass is 79.9. The third kappa shape index (κ3) is 3.92. The van der Waals surface area contributed by atoms with Gasteiger partial charge < -0.3 is 4.74 Å². The van der Waals surface area contributed by atoms with Crippen molar-refractivity contribution >= 4 is 71.0 Å². The van der Waals surface area contributed by atoms with Gasteiger partial charge in [-0.05, 0) is 55.6 Å². The predicted octanol–water partition coefficient (Wildman–Crippen LogP) is 6.99. The summed E-state index contributed by atoms with van der Waals surface area (Å²) in [6.45, 7) is 0.351. The highest BCUT2D eigenvalue weighted by molar-refractivity contribution is 9.11. The van der Waals surface area contributed by atoms with Crippen LogP contribution in [0.25, 0.3) is 0 Å². The van der Waals surface area contributed by atoms with E-state index in [0.29, 0.717) is 16.7 Å². The molecule has 0 aliphatic carbocycles. The van der Waals surface area contributed by atoms with E-state index in [2.05, 4.69) is 47.8 Å². The Morgan fingerprint density at radius 1 is 1.05 bits per heavy atom. The van der Waals surface area contributed by atoms with Gasteiger partial charge in [-0.15, -0.1) is 0 Å². The van der Waals surface area contributed by atoms with Crippen LogP contribution in [-0.4, -0.2) is 0 Å². The molecule has 0 amide bonds. The van der Waals surface area contributed by atoms with Crippen molar-refractivity contribution in [1.29, 1.82) is 0 Å². The summed E-state index contributed by atoms with van der Waals surface area (Å²) < 4.78 is 7.61. The van der Waals surface area contributed by atoms with Gasteiger partial charge in [0.25, 0.3) is 0 Å². The maximum atomic E-state index is 6.15. The fourth-order valence-corrected chi connectivity index (χ4v) is 3.85. The Hall–Kier alpha value is 0.260. The highest BCUT2D eigenvalue weighted by Crippen LogP contribution is 2.36. The summed E-state index contributed by atoms with van der Waals surface area (Å²) >= 11 is 22.6. The Labute approximate surface area is 153 Å². The summed E-state index contributed by atoms with van der Waals surface area (Å²) in [6, 6.07) is 9.51. The molecule has 0 unspecified atom stereocenters. The number of halogens is 5. The van der Waals surface area contributed by atoms with Gasteiger partial charge in [0, 0.05) is 10.9 Å². The lowest BCUT2D eigenvalue weighted by Crippen LogP contribution is -1.98. The quantitative estimate of drug-likeness (QED) is 0.409. The van der Waals surface area contributed by atoms with Crippen molar-refractivity contribution in [2.75, 3.05) is 0 Å². The molecule has 2 aromatic carbocycles. The lowest BCUT2D eigenvalue weighted by molar-refractivity contribution is 0.302. The van der Waals surface area contributed by atoms with E-state index in [-0.39, 0.29) is 0 Å². The molecule has 0 saturated heterocycles. The lowest BCUT2D eigenvalue weighted by Gasteiger charge is -2.13. The van der Waals surface area contributed by atoms with Gasteiger partial charge in [-0.2, -0.15) is 0 Å². The van der Waals surface area contributed by atoms with E-state index in [4.69, 9.17) is 27.9 Å². The van der Waals surface area contributed by atoms with Crippen LogP contribution >= 0.6 is 71.0 Å². The van der Waals surface area contributed by atoms with Gasteiger partial charge in [0.2, 0.25) is 0 Å². The molecule has 6 heteroatoms. The molecule has 0 saturated carbocycles. The van der Waals surface area contributed by atoms with Crippen molar-refractivity contribution in [3.05, 3.63) is 60.4 Å². The summed E-state index contributed by atoms with van der Waals surface area (Å²) in [5, 5.41) is 1.84. The van der Waals surface area contributed by atoms with Crippen molar-refractivity contribution in [1.82, 2.24) is 0 Å². The van der Waals surface area contributed by atoms with Crippen molar-refractivity contribution in [2.24, 2.45) is 0 Å². The largest absolute Gasteiger partial charge is 0.486 e. The van der Waals surface area contributed by atoms with Crippen molar-refractivity contribution in [2.45, 2.75) is 11.9 Å². The number of rotatable bonds is 4. The fourth-order valence-electron chi connectivity index (χ4n) is 1.64. The third-order valence-electron chi connectivity index (χ3n) is 2.62. The van der Waals surface area contributed by atoms with Gasteiger partial charge in [-0.25, -0.2) is 0 Å². The summed E-state index contributed by atoms with van der Waals surface area (Å²) in [6.07, 6.45) is 0. The van der Waals surface area contributed by atoms with Gasteiger partial charge in [0.15, 0.2) is 0 Å². The van der Waals surface area contributed by atoms with Crippen LogP contribution in [0.4, 0.5) is 0 Å². The first-order valence-electron chi connectivity index (χ1n) is 5.62. The second-order valence-corrected chi connectivity index (χ2v) is 7.08. The first-order valence-corrected chi connectivity index (χ1v) is 9.09. The molecule has 20 heavy (non-hydrogen) atoms. The van der Waals surface area contributed by atoms with Gasteiger partial charge in [-0.3, -0.25) is 0 Å². The van der Waals surface area contributed by atoms with Crippen LogP contribution in [0.5, 0.6) is 5.75 Å². The average molecular weight is 504 g/mol. The van der Waals surface area contributed by atoms with E-state index in [0.717, 1.165) is 31.2 Å². The molecule has 2 aromatic rings. The molecule has 0 bridgehead atoms. The van der Waals surface area contributed by atoms with Crippen LogP contribution in [0.2, 0.25) is 10.0 Å². The summed E-state index contributed by atoms with van der Waals surface area (Å²) in [7, 11) is 0. The zero-order valence-electron chi connectivity index (χ0n) is 10.1. The third-order valence-corrected chi connectivity index (χ3v) is 5.30. The lowest BCUT2D eigenvalue weighted by atomic mass is 10.2. The molecule has 0 aromatic heterocycles. The molecule has 0 N–H and O–H groups in total. The second kappa shape index (κ2) is 7.50. The minimum Gasteiger partial charge on any atom is -0.486 e. The Balaban J connectivity index is 2.21. The minimum absolute atomic E-state index is 0.351. The van der Waals surface area contributed by atoms with Crippen LogP contribution in [0.1, 0.15) is 11.1 Å². The number of hydrogen-bond acceptors (Lipinski definition) is 1. The molecular weight excluding hydrogens is 495 g/mol. The van der Waals surface area contributed by atoms with E-state index in [1.807, 2.05) is 24.3 Å². The zero-order chi connectivity index (χ0) is 14.7. The smallest absolute Gasteiger partial charge is 0.148 e. The molecule has 0 heterocycles. The number of benzene rings is 2. The fraction of sp³-hybridized carbons (Fsp3) is 0.143. The van der Waals surface area contributed by atoms with Crippen LogP contribution in [0.3, 0.4) is 0 Å². The summed E-state index contributed by atoms with van der Waals surface area (Å²) in [5.41, 5.74) is 2.00. The normalized spacial score (nSPS) is 10.7. The molecule has 0 aliphatic heterocycles. The first-order chi connectivity index (χ1) is 9.52. The Bertz CT molecular complexity index is 609. The summed E-state index contributed by atoms with van der Waals surface area (Å²) in [5.74, 6) is 0.741. The van der Waals surface area contributed by atoms with Gasteiger partial charge in [-0.1, -0.05) is 51.3 Å². The van der Waals surface area contributed by atoms with E-state index in [1.54, 1.807) is 6.07 Å². The van der Waals surface area contributed by atoms with Crippen LogP contribution in [0.15, 0.2) is 39.3 Å². The van der Waals surface area contributed by atoms with Crippen LogP contribution in [-0.2, 0) is 11.9 Å². The average Bonchev–Trinajstić information content (AvgIpc) is 2.42. The molecule has 2 rings (SSSR count). The molecule has 0 radical (unpaired) electrons. The Kier molecular flexibility index (Phi) is 6.24. The first kappa shape index (κ1) is 16.6. The second-order valence-electron chi connectivity index (χ2n) is 4.02. The monoisotopic (exact) mass is 500 g/mol. The van der Waals surface area contributed by atoms with Crippen molar-refractivity contribution in [3.63, 3.8) is 0 Å². The van der Waals surface area contributed by atoms with Gasteiger partial charge in [0.1, 0.15) is 12.4 Å². The van der Waals surface area contributed by atoms with Crippen LogP contribution < -0.4 is 4.74 Å². The molecule has 0 fully saturated rings. The molecule has 0 spiro atoms. The zero-order valence-corrected chi connectivity index (χ0v) is 16.4. The van der Waals surface area contributed by atoms with E-state index in [9.17, 15) is 0 Å². The molecule has 106 valence electrons. The topological polar surface area (TPSA) is 9.23 Å². The number of ether oxygens (including phenoxy) is 1. The maximum absolute atomic E-state index is 6.15. The van der Waals surface area contributed by atoms with Gasteiger partial charge in [0.05, 0.1) is 19.0 Å². The number of alkyl halides is 1. The van der Waals surface area contributed by atoms with Gasteiger partial charge >= 0.3 is 0 Å². The highest BCUT2D eigenvalue weighted by Gasteiger charge is 2.11. The molecule has 0 aliphatic rings.